The average Bonchev–Trinajstić information content (AvgIpc) is 3.21. The van der Waals surface area contributed by atoms with Crippen LogP contribution in [0.2, 0.25) is 16.6 Å². The highest BCUT2D eigenvalue weighted by atomic mass is 35.5. The number of pyridine rings is 1. The lowest BCUT2D eigenvalue weighted by Crippen LogP contribution is -2.51. The second-order valence-electron chi connectivity index (χ2n) is 11.1. The Balaban J connectivity index is 2.12. The highest BCUT2D eigenvalue weighted by molar-refractivity contribution is 6.82. The number of carbonyl (C=O) groups excluding carboxylic acids is 2. The third-order valence-corrected chi connectivity index (χ3v) is 15.0. The van der Waals surface area contributed by atoms with E-state index in [1.807, 2.05) is 6.07 Å². The summed E-state index contributed by atoms with van der Waals surface area (Å²) in [6.07, 6.45) is 4.04. The van der Waals surface area contributed by atoms with Crippen LogP contribution in [0, 0.1) is 11.8 Å². The van der Waals surface area contributed by atoms with Gasteiger partial charge in [0.1, 0.15) is 11.4 Å². The fraction of sp³-hybridized carbons (Fsp3) is 0.667. The van der Waals surface area contributed by atoms with Crippen LogP contribution in [0.3, 0.4) is 0 Å². The van der Waals surface area contributed by atoms with Crippen LogP contribution in [0.15, 0.2) is 18.5 Å². The number of Topliss-reactive ketones (excluding diaryl/α,β-unsaturated/α-hetero) is 1. The molecule has 3 rings (SSSR count). The van der Waals surface area contributed by atoms with Gasteiger partial charge < -0.3 is 18.6 Å². The van der Waals surface area contributed by atoms with Gasteiger partial charge in [0.25, 0.3) is 0 Å². The maximum absolute atomic E-state index is 14.1. The number of carbonyl (C=O) groups is 2. The Kier molecular flexibility index (Phi) is 8.81. The maximum Gasteiger partial charge on any atom is 0.411 e. The first-order valence-corrected chi connectivity index (χ1v) is 15.7. The summed E-state index contributed by atoms with van der Waals surface area (Å²) in [6, 6.07) is 2.03. The van der Waals surface area contributed by atoms with E-state index in [1.54, 1.807) is 25.1 Å². The van der Waals surface area contributed by atoms with Crippen LogP contribution in [0.25, 0.3) is 11.0 Å². The number of amides is 1. The number of likely N-dealkylation sites (tertiary alicyclic amines) is 1. The van der Waals surface area contributed by atoms with Crippen molar-refractivity contribution in [1.82, 2.24) is 14.1 Å². The Morgan fingerprint density at radius 3 is 2.25 bits per heavy atom. The molecule has 1 aliphatic rings. The molecule has 1 amide bonds. The lowest BCUT2D eigenvalue weighted by molar-refractivity contribution is 0.0579. The van der Waals surface area contributed by atoms with Gasteiger partial charge in [-0.2, -0.15) is 0 Å². The van der Waals surface area contributed by atoms with Crippen LogP contribution >= 0.6 is 11.6 Å². The molecule has 0 bridgehead atoms. The van der Waals surface area contributed by atoms with Crippen molar-refractivity contribution in [2.45, 2.75) is 84.0 Å². The molecule has 1 aliphatic heterocycles. The molecule has 200 valence electrons. The highest BCUT2D eigenvalue weighted by Crippen LogP contribution is 2.45. The third kappa shape index (κ3) is 4.91. The van der Waals surface area contributed by atoms with Crippen LogP contribution in [0.5, 0.6) is 5.75 Å². The summed E-state index contributed by atoms with van der Waals surface area (Å²) < 4.78 is 13.3. The van der Waals surface area contributed by atoms with Gasteiger partial charge in [0.15, 0.2) is 19.6 Å². The van der Waals surface area contributed by atoms with Crippen molar-refractivity contribution in [1.29, 1.82) is 0 Å². The smallest absolute Gasteiger partial charge is 0.411 e. The van der Waals surface area contributed by atoms with E-state index in [1.165, 1.54) is 0 Å². The van der Waals surface area contributed by atoms with Gasteiger partial charge in [-0.15, -0.1) is 0 Å². The highest BCUT2D eigenvalue weighted by Gasteiger charge is 2.46. The predicted molar refractivity (Wildman–Crippen MR) is 148 cm³/mol. The fourth-order valence-corrected chi connectivity index (χ4v) is 13.2. The van der Waals surface area contributed by atoms with E-state index in [2.05, 4.69) is 58.9 Å². The number of aromatic nitrogens is 2. The van der Waals surface area contributed by atoms with E-state index in [0.29, 0.717) is 47.4 Å². The Morgan fingerprint density at radius 1 is 1.11 bits per heavy atom. The van der Waals surface area contributed by atoms with E-state index in [9.17, 15) is 9.59 Å². The van der Waals surface area contributed by atoms with Gasteiger partial charge in [0.2, 0.25) is 0 Å². The quantitative estimate of drug-likeness (QED) is 0.208. The molecule has 0 radical (unpaired) electrons. The van der Waals surface area contributed by atoms with E-state index in [0.717, 1.165) is 11.0 Å². The fourth-order valence-electron chi connectivity index (χ4n) is 6.60. The van der Waals surface area contributed by atoms with Crippen molar-refractivity contribution in [2.24, 2.45) is 11.8 Å². The van der Waals surface area contributed by atoms with Crippen molar-refractivity contribution in [3.63, 3.8) is 0 Å². The van der Waals surface area contributed by atoms with Gasteiger partial charge in [-0.3, -0.25) is 4.79 Å². The molecule has 2 aromatic heterocycles. The number of methoxy groups -OCH3 is 1. The maximum atomic E-state index is 14.1. The van der Waals surface area contributed by atoms with Gasteiger partial charge in [0.05, 0.1) is 18.9 Å². The Hall–Kier alpha value is -2.06. The standard InChI is InChI=1S/C27H42ClN3O4Si/c1-16(2)36(17(3)4,18(5)6)31-13-11-21-24(23(34-9)14-29-26(21)31)25(32)22-15-30(12-10-19(22)7)27(33)35-20(8)28/h11,13-14,16-20,22H,10,12,15H2,1-9H3. The van der Waals surface area contributed by atoms with Gasteiger partial charge in [-0.25, -0.2) is 9.78 Å². The topological polar surface area (TPSA) is 73.7 Å². The normalized spacial score (nSPS) is 19.9. The molecule has 3 heterocycles. The minimum Gasteiger partial charge on any atom is -0.494 e. The number of hydrogen-bond donors (Lipinski definition) is 0. The molecule has 3 atom stereocenters. The molecule has 9 heteroatoms. The van der Waals surface area contributed by atoms with Crippen LogP contribution in [0.1, 0.15) is 72.2 Å². The van der Waals surface area contributed by atoms with E-state index < -0.39 is 19.9 Å². The van der Waals surface area contributed by atoms with E-state index in [4.69, 9.17) is 26.1 Å². The number of piperidine rings is 1. The van der Waals surface area contributed by atoms with Crippen LogP contribution < -0.4 is 4.74 Å². The summed E-state index contributed by atoms with van der Waals surface area (Å²) >= 11 is 5.87. The third-order valence-electron chi connectivity index (χ3n) is 8.15. The molecule has 0 aromatic carbocycles. The summed E-state index contributed by atoms with van der Waals surface area (Å²) in [7, 11) is -0.504. The number of fused-ring (bicyclic) bond motifs is 1. The first kappa shape index (κ1) is 28.5. The van der Waals surface area contributed by atoms with Crippen molar-refractivity contribution in [2.75, 3.05) is 20.2 Å². The summed E-state index contributed by atoms with van der Waals surface area (Å²) in [4.78, 5) is 33.1. The first-order valence-electron chi connectivity index (χ1n) is 13.1. The van der Waals surface area contributed by atoms with Gasteiger partial charge in [-0.05, 0) is 48.1 Å². The first-order chi connectivity index (χ1) is 16.9. The molecule has 1 saturated heterocycles. The number of halogens is 1. The SMILES string of the molecule is COc1cnc2c(ccn2[Si](C(C)C)(C(C)C)C(C)C)c1C(=O)C1CN(C(=O)OC(C)Cl)CCC1C. The average molecular weight is 536 g/mol. The number of hydrogen-bond acceptors (Lipinski definition) is 5. The molecule has 7 nitrogen and oxygen atoms in total. The predicted octanol–water partition coefficient (Wildman–Crippen LogP) is 6.93. The second kappa shape index (κ2) is 11.1. The van der Waals surface area contributed by atoms with Crippen LogP contribution in [0.4, 0.5) is 4.79 Å². The monoisotopic (exact) mass is 535 g/mol. The van der Waals surface area contributed by atoms with Gasteiger partial charge in [0, 0.05) is 24.4 Å². The lowest BCUT2D eigenvalue weighted by Gasteiger charge is -2.44. The molecule has 0 N–H and O–H groups in total. The van der Waals surface area contributed by atoms with Crippen molar-refractivity contribution in [3.8, 4) is 5.75 Å². The zero-order chi connectivity index (χ0) is 26.9. The molecular weight excluding hydrogens is 494 g/mol. The number of rotatable bonds is 8. The van der Waals surface area contributed by atoms with Gasteiger partial charge >= 0.3 is 6.09 Å². The zero-order valence-electron chi connectivity index (χ0n) is 23.2. The van der Waals surface area contributed by atoms with Crippen LogP contribution in [-0.2, 0) is 4.74 Å². The molecule has 1 fully saturated rings. The molecule has 36 heavy (non-hydrogen) atoms. The molecular formula is C27H42ClN3O4Si. The molecule has 0 saturated carbocycles. The lowest BCUT2D eigenvalue weighted by atomic mass is 9.81. The molecule has 0 aliphatic carbocycles. The number of alkyl halides is 1. The molecule has 2 aromatic rings. The second-order valence-corrected chi connectivity index (χ2v) is 17.4. The summed E-state index contributed by atoms with van der Waals surface area (Å²) in [5, 5.41) is 0.819. The summed E-state index contributed by atoms with van der Waals surface area (Å²) in [5.74, 6) is 0.187. The minimum atomic E-state index is -2.08. The van der Waals surface area contributed by atoms with Crippen molar-refractivity contribution in [3.05, 3.63) is 24.0 Å². The summed E-state index contributed by atoms with van der Waals surface area (Å²) in [6.45, 7) is 18.4. The Labute approximate surface area is 221 Å². The largest absolute Gasteiger partial charge is 0.494 e. The molecule has 3 unspecified atom stereocenters. The zero-order valence-corrected chi connectivity index (χ0v) is 24.9. The Morgan fingerprint density at radius 2 is 1.72 bits per heavy atom. The van der Waals surface area contributed by atoms with Crippen molar-refractivity contribution < 1.29 is 19.1 Å². The molecule has 0 spiro atoms. The van der Waals surface area contributed by atoms with Crippen LogP contribution in [-0.4, -0.2) is 60.0 Å². The Bertz CT molecular complexity index is 1080. The number of nitrogens with zero attached hydrogens (tertiary/aromatic N) is 3. The number of ether oxygens (including phenoxy) is 2. The van der Waals surface area contributed by atoms with Crippen molar-refractivity contribution >= 4 is 42.7 Å². The number of ketones is 1. The summed E-state index contributed by atoms with van der Waals surface area (Å²) in [5.41, 5.74) is 2.13. The van der Waals surface area contributed by atoms with E-state index in [-0.39, 0.29) is 17.6 Å². The van der Waals surface area contributed by atoms with Gasteiger partial charge in [-0.1, -0.05) is 60.1 Å². The minimum absolute atomic E-state index is 0.0215. The van der Waals surface area contributed by atoms with E-state index >= 15 is 0 Å².